The lowest BCUT2D eigenvalue weighted by atomic mass is 9.85. The number of ether oxygens (including phenoxy) is 2. The molecule has 6 heteroatoms. The van der Waals surface area contributed by atoms with Crippen molar-refractivity contribution in [2.75, 3.05) is 32.9 Å². The molecule has 2 aliphatic rings. The molecule has 182 valence electrons. The third-order valence-electron chi connectivity index (χ3n) is 6.86. The van der Waals surface area contributed by atoms with Crippen molar-refractivity contribution in [3.8, 4) is 17.2 Å². The van der Waals surface area contributed by atoms with Crippen LogP contribution in [-0.4, -0.2) is 42.9 Å². The molecule has 1 atom stereocenters. The largest absolute Gasteiger partial charge is 0.508 e. The van der Waals surface area contributed by atoms with Crippen LogP contribution >= 0.6 is 0 Å². The number of phenolic OH excluding ortho intramolecular Hbond substituents is 1. The molecular formula is C29H29F2NO3. The second kappa shape index (κ2) is 9.70. The first-order chi connectivity index (χ1) is 16.9. The van der Waals surface area contributed by atoms with Crippen LogP contribution in [0.2, 0.25) is 0 Å². The molecule has 5 rings (SSSR count). The average Bonchev–Trinajstić information content (AvgIpc) is 2.83. The fourth-order valence-electron chi connectivity index (χ4n) is 4.84. The average molecular weight is 478 g/mol. The number of phenols is 1. The fourth-order valence-corrected chi connectivity index (χ4v) is 4.84. The standard InChI is InChI=1S/C29H29F2NO3/c1-18-13-22(5-9-26(18)31)28-19(2)25-14-23(33)6-10-27(25)35-29(28)21-3-7-24(8-4-21)34-12-11-32-16-20(15-30)17-32/h3-10,13-14,20,29,33H,11-12,15-17H2,1-2H3/t29-/m1/s1. The van der Waals surface area contributed by atoms with Crippen molar-refractivity contribution in [2.24, 2.45) is 5.92 Å². The molecule has 0 unspecified atom stereocenters. The summed E-state index contributed by atoms with van der Waals surface area (Å²) in [5.74, 6) is 1.54. The maximum atomic E-state index is 14.0. The van der Waals surface area contributed by atoms with E-state index in [0.717, 1.165) is 53.2 Å². The van der Waals surface area contributed by atoms with Crippen LogP contribution in [0, 0.1) is 18.7 Å². The zero-order valence-electron chi connectivity index (χ0n) is 19.9. The lowest BCUT2D eigenvalue weighted by Crippen LogP contribution is -2.49. The molecule has 0 bridgehead atoms. The number of nitrogens with zero attached hydrogens (tertiary/aromatic N) is 1. The quantitative estimate of drug-likeness (QED) is 0.441. The van der Waals surface area contributed by atoms with Gasteiger partial charge < -0.3 is 14.6 Å². The SMILES string of the molecule is CC1=C(c2ccc(F)c(C)c2)[C@@H](c2ccc(OCCN3CC(CF)C3)cc2)Oc2ccc(O)cc21. The van der Waals surface area contributed by atoms with Gasteiger partial charge in [-0.25, -0.2) is 4.39 Å². The van der Waals surface area contributed by atoms with Crippen LogP contribution in [0.25, 0.3) is 11.1 Å². The Bertz CT molecular complexity index is 1250. The second-order valence-electron chi connectivity index (χ2n) is 9.38. The minimum absolute atomic E-state index is 0.166. The van der Waals surface area contributed by atoms with Gasteiger partial charge in [0, 0.05) is 36.7 Å². The Morgan fingerprint density at radius 3 is 2.51 bits per heavy atom. The van der Waals surface area contributed by atoms with E-state index in [1.54, 1.807) is 31.2 Å². The van der Waals surface area contributed by atoms with Gasteiger partial charge in [-0.05, 0) is 78.6 Å². The molecule has 0 radical (unpaired) electrons. The van der Waals surface area contributed by atoms with Gasteiger partial charge in [0.1, 0.15) is 35.8 Å². The highest BCUT2D eigenvalue weighted by atomic mass is 19.1. The highest BCUT2D eigenvalue weighted by molar-refractivity contribution is 5.95. The molecule has 0 saturated carbocycles. The van der Waals surface area contributed by atoms with E-state index < -0.39 is 6.10 Å². The van der Waals surface area contributed by atoms with E-state index in [2.05, 4.69) is 4.90 Å². The molecule has 0 aliphatic carbocycles. The normalized spacial score (nSPS) is 18.1. The lowest BCUT2D eigenvalue weighted by Gasteiger charge is -2.37. The maximum Gasteiger partial charge on any atom is 0.150 e. The van der Waals surface area contributed by atoms with Gasteiger partial charge in [0.05, 0.1) is 6.67 Å². The number of alkyl halides is 1. The third-order valence-corrected chi connectivity index (χ3v) is 6.86. The summed E-state index contributed by atoms with van der Waals surface area (Å²) in [5, 5.41) is 10.0. The first kappa shape index (κ1) is 23.4. The molecule has 3 aromatic carbocycles. The molecule has 2 aliphatic heterocycles. The molecule has 1 saturated heterocycles. The number of aromatic hydroxyl groups is 1. The van der Waals surface area contributed by atoms with Gasteiger partial charge in [0.25, 0.3) is 0 Å². The molecule has 1 N–H and O–H groups in total. The van der Waals surface area contributed by atoms with E-state index in [-0.39, 0.29) is 24.2 Å². The van der Waals surface area contributed by atoms with Crippen molar-refractivity contribution >= 4 is 11.1 Å². The minimum Gasteiger partial charge on any atom is -0.508 e. The van der Waals surface area contributed by atoms with Gasteiger partial charge in [0.15, 0.2) is 0 Å². The zero-order chi connectivity index (χ0) is 24.5. The summed E-state index contributed by atoms with van der Waals surface area (Å²) in [6.45, 7) is 6.43. The third kappa shape index (κ3) is 4.76. The summed E-state index contributed by atoms with van der Waals surface area (Å²) in [5.41, 5.74) is 5.11. The Balaban J connectivity index is 1.40. The molecule has 1 fully saturated rings. The van der Waals surface area contributed by atoms with Crippen LogP contribution in [0.4, 0.5) is 8.78 Å². The van der Waals surface area contributed by atoms with Gasteiger partial charge in [-0.2, -0.15) is 0 Å². The van der Waals surface area contributed by atoms with Gasteiger partial charge in [0.2, 0.25) is 0 Å². The molecule has 4 nitrogen and oxygen atoms in total. The van der Waals surface area contributed by atoms with Crippen LogP contribution in [0.5, 0.6) is 17.2 Å². The first-order valence-corrected chi connectivity index (χ1v) is 11.9. The van der Waals surface area contributed by atoms with Crippen LogP contribution < -0.4 is 9.47 Å². The van der Waals surface area contributed by atoms with Crippen molar-refractivity contribution in [2.45, 2.75) is 20.0 Å². The van der Waals surface area contributed by atoms with E-state index in [4.69, 9.17) is 9.47 Å². The Morgan fingerprint density at radius 2 is 1.80 bits per heavy atom. The monoisotopic (exact) mass is 477 g/mol. The van der Waals surface area contributed by atoms with Gasteiger partial charge in [-0.1, -0.05) is 18.2 Å². The predicted octanol–water partition coefficient (Wildman–Crippen LogP) is 6.18. The fraction of sp³-hybridized carbons (Fsp3) is 0.310. The summed E-state index contributed by atoms with van der Waals surface area (Å²) in [7, 11) is 0. The number of hydrogen-bond acceptors (Lipinski definition) is 4. The Kier molecular flexibility index (Phi) is 6.48. The second-order valence-corrected chi connectivity index (χ2v) is 9.38. The number of hydrogen-bond donors (Lipinski definition) is 1. The summed E-state index contributed by atoms with van der Waals surface area (Å²) in [4.78, 5) is 2.19. The summed E-state index contributed by atoms with van der Waals surface area (Å²) in [6.07, 6.45) is -0.398. The van der Waals surface area contributed by atoms with Gasteiger partial charge in [-0.15, -0.1) is 0 Å². The Hall–Kier alpha value is -3.38. The maximum absolute atomic E-state index is 14.0. The smallest absolute Gasteiger partial charge is 0.150 e. The topological polar surface area (TPSA) is 41.9 Å². The Morgan fingerprint density at radius 1 is 1.03 bits per heavy atom. The van der Waals surface area contributed by atoms with Gasteiger partial charge in [-0.3, -0.25) is 9.29 Å². The van der Waals surface area contributed by atoms with Crippen molar-refractivity contribution < 1.29 is 23.4 Å². The van der Waals surface area contributed by atoms with Gasteiger partial charge >= 0.3 is 0 Å². The van der Waals surface area contributed by atoms with Crippen LogP contribution in [0.3, 0.4) is 0 Å². The number of aryl methyl sites for hydroxylation is 1. The van der Waals surface area contributed by atoms with Crippen LogP contribution in [0.1, 0.15) is 35.3 Å². The molecule has 2 heterocycles. The predicted molar refractivity (Wildman–Crippen MR) is 133 cm³/mol. The highest BCUT2D eigenvalue weighted by Crippen LogP contribution is 2.47. The van der Waals surface area contributed by atoms with Crippen LogP contribution in [0.15, 0.2) is 60.7 Å². The van der Waals surface area contributed by atoms with Crippen molar-refractivity contribution in [3.05, 3.63) is 88.7 Å². The van der Waals surface area contributed by atoms with E-state index >= 15 is 0 Å². The molecule has 3 aromatic rings. The minimum atomic E-state index is -0.398. The molecule has 0 spiro atoms. The zero-order valence-corrected chi connectivity index (χ0v) is 19.9. The molecule has 0 amide bonds. The highest BCUT2D eigenvalue weighted by Gasteiger charge is 2.30. The Labute approximate surface area is 204 Å². The number of fused-ring (bicyclic) bond motifs is 1. The first-order valence-electron chi connectivity index (χ1n) is 11.9. The number of benzene rings is 3. The lowest BCUT2D eigenvalue weighted by molar-refractivity contribution is 0.0668. The van der Waals surface area contributed by atoms with E-state index in [1.165, 1.54) is 6.07 Å². The number of halogens is 2. The number of rotatable bonds is 7. The summed E-state index contributed by atoms with van der Waals surface area (Å²) >= 11 is 0. The van der Waals surface area contributed by atoms with Crippen LogP contribution in [-0.2, 0) is 0 Å². The number of allylic oxidation sites excluding steroid dienone is 1. The van der Waals surface area contributed by atoms with Crippen molar-refractivity contribution in [1.82, 2.24) is 4.90 Å². The molecule has 35 heavy (non-hydrogen) atoms. The van der Waals surface area contributed by atoms with Crippen molar-refractivity contribution in [3.63, 3.8) is 0 Å². The van der Waals surface area contributed by atoms with E-state index in [0.29, 0.717) is 17.9 Å². The van der Waals surface area contributed by atoms with Crippen molar-refractivity contribution in [1.29, 1.82) is 0 Å². The summed E-state index contributed by atoms with van der Waals surface area (Å²) < 4.78 is 38.9. The summed E-state index contributed by atoms with van der Waals surface area (Å²) in [6, 6.07) is 18.0. The van der Waals surface area contributed by atoms with E-state index in [1.807, 2.05) is 37.3 Å². The number of likely N-dealkylation sites (tertiary alicyclic amines) is 1. The van der Waals surface area contributed by atoms with E-state index in [9.17, 15) is 13.9 Å². The molecule has 0 aromatic heterocycles. The molecular weight excluding hydrogens is 448 g/mol.